The number of ether oxygens (including phenoxy) is 1. The third-order valence-corrected chi connectivity index (χ3v) is 7.70. The Morgan fingerprint density at radius 3 is 2.20 bits per heavy atom. The largest absolute Gasteiger partial charge is 0.465 e. The molecule has 156 valence electrons. The SMILES string of the molecule is COC(=O)C1=C(c2ccc(C)cc2)C[C@@H]2CN(S(=O)(=O)c3ccc(C)cc3)CC2=C1. The predicted molar refractivity (Wildman–Crippen MR) is 116 cm³/mol. The van der Waals surface area contributed by atoms with E-state index in [1.165, 1.54) is 11.4 Å². The summed E-state index contributed by atoms with van der Waals surface area (Å²) in [5.74, 6) is -0.341. The van der Waals surface area contributed by atoms with Crippen LogP contribution in [0.4, 0.5) is 0 Å². The number of rotatable bonds is 4. The van der Waals surface area contributed by atoms with Gasteiger partial charge in [-0.25, -0.2) is 13.2 Å². The van der Waals surface area contributed by atoms with E-state index in [9.17, 15) is 13.2 Å². The highest BCUT2D eigenvalue weighted by atomic mass is 32.2. The van der Waals surface area contributed by atoms with Crippen LogP contribution < -0.4 is 0 Å². The Labute approximate surface area is 177 Å². The molecule has 0 radical (unpaired) electrons. The molecule has 2 aromatic carbocycles. The zero-order valence-corrected chi connectivity index (χ0v) is 18.2. The average Bonchev–Trinajstić information content (AvgIpc) is 3.17. The first kappa shape index (κ1) is 20.6. The second-order valence-electron chi connectivity index (χ2n) is 7.98. The van der Waals surface area contributed by atoms with Crippen molar-refractivity contribution in [3.8, 4) is 0 Å². The molecule has 1 saturated heterocycles. The fourth-order valence-corrected chi connectivity index (χ4v) is 5.58. The van der Waals surface area contributed by atoms with E-state index in [0.29, 0.717) is 30.0 Å². The fraction of sp³-hybridized carbons (Fsp3) is 0.292. The molecule has 1 aliphatic heterocycles. The number of carbonyl (C=O) groups is 1. The number of carbonyl (C=O) groups excluding carboxylic acids is 1. The Kier molecular flexibility index (Phi) is 5.38. The van der Waals surface area contributed by atoms with E-state index in [2.05, 4.69) is 0 Å². The smallest absolute Gasteiger partial charge is 0.338 e. The van der Waals surface area contributed by atoms with Crippen molar-refractivity contribution < 1.29 is 17.9 Å². The minimum Gasteiger partial charge on any atom is -0.465 e. The lowest BCUT2D eigenvalue weighted by molar-refractivity contribution is -0.135. The highest BCUT2D eigenvalue weighted by Gasteiger charge is 2.39. The van der Waals surface area contributed by atoms with Crippen molar-refractivity contribution >= 4 is 21.6 Å². The molecule has 1 heterocycles. The van der Waals surface area contributed by atoms with Gasteiger partial charge in [-0.15, -0.1) is 0 Å². The minimum atomic E-state index is -3.59. The van der Waals surface area contributed by atoms with Crippen molar-refractivity contribution in [1.82, 2.24) is 4.31 Å². The highest BCUT2D eigenvalue weighted by molar-refractivity contribution is 7.89. The van der Waals surface area contributed by atoms with Crippen LogP contribution in [-0.2, 0) is 19.6 Å². The van der Waals surface area contributed by atoms with Gasteiger partial charge in [-0.05, 0) is 61.1 Å². The van der Waals surface area contributed by atoms with E-state index in [0.717, 1.165) is 27.8 Å². The molecule has 4 rings (SSSR count). The molecule has 0 saturated carbocycles. The number of nitrogens with zero attached hydrogens (tertiary/aromatic N) is 1. The molecule has 6 heteroatoms. The molecule has 0 aromatic heterocycles. The number of aryl methyl sites for hydroxylation is 2. The molecule has 0 spiro atoms. The van der Waals surface area contributed by atoms with Gasteiger partial charge in [-0.1, -0.05) is 47.5 Å². The molecular weight excluding hydrogens is 398 g/mol. The molecule has 2 aromatic rings. The average molecular weight is 424 g/mol. The summed E-state index contributed by atoms with van der Waals surface area (Å²) in [4.78, 5) is 12.8. The second kappa shape index (κ2) is 7.85. The molecule has 0 unspecified atom stereocenters. The van der Waals surface area contributed by atoms with Gasteiger partial charge in [0, 0.05) is 13.1 Å². The maximum atomic E-state index is 13.1. The lowest BCUT2D eigenvalue weighted by Crippen LogP contribution is -2.29. The predicted octanol–water partition coefficient (Wildman–Crippen LogP) is 3.88. The monoisotopic (exact) mass is 423 g/mol. The first-order valence-electron chi connectivity index (χ1n) is 9.95. The summed E-state index contributed by atoms with van der Waals surface area (Å²) in [7, 11) is -2.22. The third-order valence-electron chi connectivity index (χ3n) is 5.88. The summed E-state index contributed by atoms with van der Waals surface area (Å²) in [6, 6.07) is 14.9. The van der Waals surface area contributed by atoms with Gasteiger partial charge in [0.25, 0.3) is 0 Å². The van der Waals surface area contributed by atoms with Crippen LogP contribution in [0.1, 0.15) is 23.1 Å². The lowest BCUT2D eigenvalue weighted by atomic mass is 9.82. The lowest BCUT2D eigenvalue weighted by Gasteiger charge is -2.22. The number of fused-ring (bicyclic) bond motifs is 1. The van der Waals surface area contributed by atoms with Crippen LogP contribution >= 0.6 is 0 Å². The van der Waals surface area contributed by atoms with Crippen LogP contribution in [0.3, 0.4) is 0 Å². The summed E-state index contributed by atoms with van der Waals surface area (Å²) in [5.41, 5.74) is 5.51. The number of hydrogen-bond acceptors (Lipinski definition) is 4. The molecule has 0 amide bonds. The number of benzene rings is 2. The second-order valence-corrected chi connectivity index (χ2v) is 9.92. The number of esters is 1. The molecule has 30 heavy (non-hydrogen) atoms. The minimum absolute atomic E-state index is 0.0509. The highest BCUT2D eigenvalue weighted by Crippen LogP contribution is 2.41. The zero-order chi connectivity index (χ0) is 21.5. The van der Waals surface area contributed by atoms with E-state index in [1.54, 1.807) is 12.1 Å². The van der Waals surface area contributed by atoms with Gasteiger partial charge in [0.05, 0.1) is 17.6 Å². The quantitative estimate of drug-likeness (QED) is 0.700. The Bertz CT molecular complexity index is 1140. The van der Waals surface area contributed by atoms with Gasteiger partial charge in [-0.3, -0.25) is 0 Å². The van der Waals surface area contributed by atoms with Crippen LogP contribution in [0, 0.1) is 19.8 Å². The number of hydrogen-bond donors (Lipinski definition) is 0. The van der Waals surface area contributed by atoms with Gasteiger partial charge < -0.3 is 4.74 Å². The van der Waals surface area contributed by atoms with Gasteiger partial charge >= 0.3 is 5.97 Å². The maximum Gasteiger partial charge on any atom is 0.338 e. The summed E-state index contributed by atoms with van der Waals surface area (Å²) in [6.45, 7) is 4.65. The van der Waals surface area contributed by atoms with E-state index in [-0.39, 0.29) is 5.92 Å². The fourth-order valence-electron chi connectivity index (χ4n) is 4.11. The molecule has 2 aliphatic rings. The van der Waals surface area contributed by atoms with Crippen LogP contribution in [0.25, 0.3) is 5.57 Å². The molecule has 5 nitrogen and oxygen atoms in total. The van der Waals surface area contributed by atoms with E-state index < -0.39 is 16.0 Å². The van der Waals surface area contributed by atoms with Gasteiger partial charge in [0.2, 0.25) is 10.0 Å². The number of methoxy groups -OCH3 is 1. The maximum absolute atomic E-state index is 13.1. The Hall–Kier alpha value is -2.70. The first-order chi connectivity index (χ1) is 14.3. The Morgan fingerprint density at radius 2 is 1.60 bits per heavy atom. The van der Waals surface area contributed by atoms with E-state index in [1.807, 2.05) is 56.3 Å². The van der Waals surface area contributed by atoms with Crippen molar-refractivity contribution in [2.45, 2.75) is 25.2 Å². The molecule has 0 N–H and O–H groups in total. The topological polar surface area (TPSA) is 63.7 Å². The summed E-state index contributed by atoms with van der Waals surface area (Å²) in [6.07, 6.45) is 2.44. The zero-order valence-electron chi connectivity index (χ0n) is 17.4. The van der Waals surface area contributed by atoms with Crippen LogP contribution in [0.5, 0.6) is 0 Å². The Balaban J connectivity index is 1.66. The summed E-state index contributed by atoms with van der Waals surface area (Å²) in [5, 5.41) is 0. The summed E-state index contributed by atoms with van der Waals surface area (Å²) >= 11 is 0. The van der Waals surface area contributed by atoms with Gasteiger partial charge in [0.15, 0.2) is 0 Å². The molecular formula is C24H25NO4S. The number of sulfonamides is 1. The van der Waals surface area contributed by atoms with Crippen LogP contribution in [0.15, 0.2) is 70.6 Å². The van der Waals surface area contributed by atoms with Crippen molar-refractivity contribution in [2.24, 2.45) is 5.92 Å². The van der Waals surface area contributed by atoms with E-state index in [4.69, 9.17) is 4.74 Å². The van der Waals surface area contributed by atoms with Crippen LogP contribution in [-0.4, -0.2) is 38.9 Å². The van der Waals surface area contributed by atoms with Crippen molar-refractivity contribution in [3.05, 3.63) is 82.4 Å². The Morgan fingerprint density at radius 1 is 1.00 bits per heavy atom. The molecule has 1 aliphatic carbocycles. The van der Waals surface area contributed by atoms with Gasteiger partial charge in [0.1, 0.15) is 0 Å². The standard InChI is InChI=1S/C24H25NO4S/c1-16-4-8-18(9-5-16)22-12-19-14-25(15-20(19)13-23(22)24(26)29-3)30(27,28)21-10-6-17(2)7-11-21/h4-11,13,19H,12,14-15H2,1-3H3/t19-/m1/s1. The summed E-state index contributed by atoms with van der Waals surface area (Å²) < 4.78 is 32.8. The van der Waals surface area contributed by atoms with Gasteiger partial charge in [-0.2, -0.15) is 4.31 Å². The molecule has 1 atom stereocenters. The van der Waals surface area contributed by atoms with Crippen molar-refractivity contribution in [2.75, 3.05) is 20.2 Å². The first-order valence-corrected chi connectivity index (χ1v) is 11.4. The van der Waals surface area contributed by atoms with Crippen molar-refractivity contribution in [3.63, 3.8) is 0 Å². The normalized spacial score (nSPS) is 19.4. The van der Waals surface area contributed by atoms with Crippen molar-refractivity contribution in [1.29, 1.82) is 0 Å². The van der Waals surface area contributed by atoms with E-state index >= 15 is 0 Å². The third kappa shape index (κ3) is 3.73. The number of allylic oxidation sites excluding steroid dienone is 1. The van der Waals surface area contributed by atoms with Crippen LogP contribution in [0.2, 0.25) is 0 Å². The molecule has 0 bridgehead atoms. The molecule has 1 fully saturated rings.